The zero-order chi connectivity index (χ0) is 8.10. The van der Waals surface area contributed by atoms with E-state index in [1.165, 1.54) is 0 Å². The lowest BCUT2D eigenvalue weighted by atomic mass is 10.4. The third kappa shape index (κ3) is 2.03. The number of aromatic nitrogens is 2. The minimum Gasteiger partial charge on any atom is -0.390 e. The molecule has 0 saturated heterocycles. The average Bonchev–Trinajstić information content (AvgIpc) is 2.47. The van der Waals surface area contributed by atoms with Crippen molar-refractivity contribution in [3.8, 4) is 0 Å². The van der Waals surface area contributed by atoms with Crippen LogP contribution in [0.3, 0.4) is 0 Å². The van der Waals surface area contributed by atoms with Crippen LogP contribution >= 0.6 is 0 Å². The molecular formula is C7H12N2O2. The van der Waals surface area contributed by atoms with Gasteiger partial charge in [0.2, 0.25) is 0 Å². The molecule has 0 unspecified atom stereocenters. The van der Waals surface area contributed by atoms with E-state index in [1.807, 2.05) is 0 Å². The van der Waals surface area contributed by atoms with Crippen molar-refractivity contribution in [1.29, 1.82) is 0 Å². The summed E-state index contributed by atoms with van der Waals surface area (Å²) in [6.45, 7) is 1.35. The van der Waals surface area contributed by atoms with Gasteiger partial charge in [-0.3, -0.25) is 4.68 Å². The summed E-state index contributed by atoms with van der Waals surface area (Å²) in [7, 11) is 1.64. The Kier molecular flexibility index (Phi) is 3.07. The molecule has 0 aromatic carbocycles. The first-order valence-electron chi connectivity index (χ1n) is 3.49. The molecule has 1 N–H and O–H groups in total. The molecule has 4 nitrogen and oxygen atoms in total. The van der Waals surface area contributed by atoms with Gasteiger partial charge in [0, 0.05) is 13.3 Å². The molecule has 0 spiro atoms. The summed E-state index contributed by atoms with van der Waals surface area (Å²) >= 11 is 0. The van der Waals surface area contributed by atoms with Gasteiger partial charge in [0.15, 0.2) is 0 Å². The normalized spacial score (nSPS) is 10.4. The molecule has 1 heterocycles. The summed E-state index contributed by atoms with van der Waals surface area (Å²) < 4.78 is 6.60. The lowest BCUT2D eigenvalue weighted by molar-refractivity contribution is 0.178. The highest BCUT2D eigenvalue weighted by molar-refractivity contribution is 4.97. The maximum Gasteiger partial charge on any atom is 0.0849 e. The molecule has 0 aliphatic rings. The van der Waals surface area contributed by atoms with Crippen LogP contribution in [0, 0.1) is 0 Å². The molecular weight excluding hydrogens is 144 g/mol. The van der Waals surface area contributed by atoms with E-state index in [9.17, 15) is 0 Å². The number of hydrogen-bond acceptors (Lipinski definition) is 3. The number of rotatable bonds is 4. The summed E-state index contributed by atoms with van der Waals surface area (Å²) in [4.78, 5) is 0. The summed E-state index contributed by atoms with van der Waals surface area (Å²) in [5.74, 6) is 0. The molecule has 0 fully saturated rings. The zero-order valence-corrected chi connectivity index (χ0v) is 6.53. The van der Waals surface area contributed by atoms with Crippen LogP contribution in [-0.4, -0.2) is 28.6 Å². The monoisotopic (exact) mass is 156 g/mol. The fourth-order valence-electron chi connectivity index (χ4n) is 0.873. The molecule has 0 amide bonds. The van der Waals surface area contributed by atoms with E-state index in [0.717, 1.165) is 5.69 Å². The van der Waals surface area contributed by atoms with E-state index in [-0.39, 0.29) is 6.61 Å². The third-order valence-corrected chi connectivity index (χ3v) is 1.47. The molecule has 0 saturated carbocycles. The highest BCUT2D eigenvalue weighted by atomic mass is 16.5. The molecule has 1 aromatic rings. The van der Waals surface area contributed by atoms with Gasteiger partial charge in [-0.1, -0.05) is 0 Å². The number of hydrogen-bond donors (Lipinski definition) is 1. The maximum absolute atomic E-state index is 8.81. The van der Waals surface area contributed by atoms with Crippen molar-refractivity contribution in [3.05, 3.63) is 18.0 Å². The largest absolute Gasteiger partial charge is 0.390 e. The Morgan fingerprint density at radius 1 is 1.73 bits per heavy atom. The van der Waals surface area contributed by atoms with Crippen LogP contribution in [0.25, 0.3) is 0 Å². The number of ether oxygens (including phenoxy) is 1. The van der Waals surface area contributed by atoms with Crippen LogP contribution in [-0.2, 0) is 17.9 Å². The molecule has 0 radical (unpaired) electrons. The second kappa shape index (κ2) is 4.10. The number of aliphatic hydroxyl groups is 1. The minimum absolute atomic E-state index is 0.0315. The van der Waals surface area contributed by atoms with Crippen molar-refractivity contribution in [2.75, 3.05) is 13.7 Å². The van der Waals surface area contributed by atoms with Crippen LogP contribution in [0.2, 0.25) is 0 Å². The Balaban J connectivity index is 2.54. The first kappa shape index (κ1) is 8.23. The Morgan fingerprint density at radius 3 is 3.18 bits per heavy atom. The number of nitrogens with zero attached hydrogens (tertiary/aromatic N) is 2. The minimum atomic E-state index is 0.0315. The Hall–Kier alpha value is -0.870. The van der Waals surface area contributed by atoms with Crippen LogP contribution in [0.4, 0.5) is 0 Å². The second-order valence-electron chi connectivity index (χ2n) is 2.20. The van der Waals surface area contributed by atoms with E-state index >= 15 is 0 Å². The van der Waals surface area contributed by atoms with Crippen molar-refractivity contribution < 1.29 is 9.84 Å². The summed E-state index contributed by atoms with van der Waals surface area (Å²) in [6, 6.07) is 1.79. The van der Waals surface area contributed by atoms with Crippen LogP contribution in [0.5, 0.6) is 0 Å². The van der Waals surface area contributed by atoms with Gasteiger partial charge in [0.25, 0.3) is 0 Å². The van der Waals surface area contributed by atoms with Crippen molar-refractivity contribution >= 4 is 0 Å². The van der Waals surface area contributed by atoms with E-state index in [4.69, 9.17) is 9.84 Å². The van der Waals surface area contributed by atoms with E-state index in [0.29, 0.717) is 13.2 Å². The molecule has 1 aromatic heterocycles. The molecule has 1 rings (SSSR count). The molecule has 4 heteroatoms. The first-order chi connectivity index (χ1) is 5.38. The fourth-order valence-corrected chi connectivity index (χ4v) is 0.873. The van der Waals surface area contributed by atoms with Gasteiger partial charge in [-0.05, 0) is 6.07 Å². The molecule has 0 aliphatic heterocycles. The molecule has 0 aliphatic carbocycles. The smallest absolute Gasteiger partial charge is 0.0849 e. The lowest BCUT2D eigenvalue weighted by Gasteiger charge is -2.03. The molecule has 62 valence electrons. The molecule has 0 bridgehead atoms. The van der Waals surface area contributed by atoms with Gasteiger partial charge in [0.05, 0.1) is 25.5 Å². The zero-order valence-electron chi connectivity index (χ0n) is 6.53. The first-order valence-corrected chi connectivity index (χ1v) is 3.49. The van der Waals surface area contributed by atoms with E-state index < -0.39 is 0 Å². The molecule has 11 heavy (non-hydrogen) atoms. The maximum atomic E-state index is 8.81. The summed E-state index contributed by atoms with van der Waals surface area (Å²) in [5.41, 5.74) is 0.821. The van der Waals surface area contributed by atoms with Crippen molar-refractivity contribution in [2.45, 2.75) is 13.2 Å². The van der Waals surface area contributed by atoms with Crippen molar-refractivity contribution in [3.63, 3.8) is 0 Å². The molecule has 0 atom stereocenters. The number of aliphatic hydroxyl groups excluding tert-OH is 1. The van der Waals surface area contributed by atoms with Crippen molar-refractivity contribution in [1.82, 2.24) is 9.78 Å². The summed E-state index contributed by atoms with van der Waals surface area (Å²) in [6.07, 6.45) is 1.67. The fraction of sp³-hybridized carbons (Fsp3) is 0.571. The lowest BCUT2D eigenvalue weighted by Crippen LogP contribution is -2.09. The van der Waals surface area contributed by atoms with Gasteiger partial charge in [-0.2, -0.15) is 5.10 Å². The second-order valence-corrected chi connectivity index (χ2v) is 2.20. The van der Waals surface area contributed by atoms with Crippen LogP contribution in [0.1, 0.15) is 5.69 Å². The van der Waals surface area contributed by atoms with Crippen LogP contribution < -0.4 is 0 Å². The van der Waals surface area contributed by atoms with Gasteiger partial charge in [0.1, 0.15) is 0 Å². The third-order valence-electron chi connectivity index (χ3n) is 1.47. The predicted molar refractivity (Wildman–Crippen MR) is 40.0 cm³/mol. The standard InChI is InChI=1S/C7H12N2O2/c1-11-5-4-9-7(6-10)2-3-8-9/h2-3,10H,4-6H2,1H3. The highest BCUT2D eigenvalue weighted by Gasteiger charge is 1.98. The van der Waals surface area contributed by atoms with E-state index in [1.54, 1.807) is 24.1 Å². The predicted octanol–water partition coefficient (Wildman–Crippen LogP) is 0.0218. The SMILES string of the molecule is COCCn1nccc1CO. The Labute approximate surface area is 65.4 Å². The summed E-state index contributed by atoms with van der Waals surface area (Å²) in [5, 5.41) is 12.8. The number of methoxy groups -OCH3 is 1. The quantitative estimate of drug-likeness (QED) is 0.668. The van der Waals surface area contributed by atoms with Gasteiger partial charge >= 0.3 is 0 Å². The van der Waals surface area contributed by atoms with Gasteiger partial charge < -0.3 is 9.84 Å². The highest BCUT2D eigenvalue weighted by Crippen LogP contribution is 1.97. The van der Waals surface area contributed by atoms with Crippen LogP contribution in [0.15, 0.2) is 12.3 Å². The van der Waals surface area contributed by atoms with Crippen molar-refractivity contribution in [2.24, 2.45) is 0 Å². The Morgan fingerprint density at radius 2 is 2.55 bits per heavy atom. The average molecular weight is 156 g/mol. The Bertz CT molecular complexity index is 210. The van der Waals surface area contributed by atoms with Gasteiger partial charge in [-0.15, -0.1) is 0 Å². The van der Waals surface area contributed by atoms with Gasteiger partial charge in [-0.25, -0.2) is 0 Å². The topological polar surface area (TPSA) is 47.3 Å². The van der Waals surface area contributed by atoms with E-state index in [2.05, 4.69) is 5.10 Å².